The maximum atomic E-state index is 12.4. The number of carbonyl (C=O) groups is 4. The number of hydrogen-bond acceptors (Lipinski definition) is 5. The fourth-order valence-corrected chi connectivity index (χ4v) is 2.62. The summed E-state index contributed by atoms with van der Waals surface area (Å²) in [7, 11) is 0. The molecule has 2 N–H and O–H groups in total. The summed E-state index contributed by atoms with van der Waals surface area (Å²) in [6.07, 6.45) is 0. The lowest BCUT2D eigenvalue weighted by atomic mass is 10.0. The Labute approximate surface area is 169 Å². The minimum atomic E-state index is -0.903. The number of anilines is 1. The Hall–Kier alpha value is -3.48. The minimum Gasteiger partial charge on any atom is -0.454 e. The van der Waals surface area contributed by atoms with Gasteiger partial charge in [0.1, 0.15) is 6.04 Å². The van der Waals surface area contributed by atoms with Crippen molar-refractivity contribution in [1.29, 1.82) is 0 Å². The standard InChI is InChI=1S/C22H24N2O5/c1-14(2)20(24-21(27)16-9-5-4-6-10-16)22(28)29-13-19(26)23-18-12-8-7-11-17(18)15(3)25/h4-12,14,20H,13H2,1-3H3,(H,23,26)(H,24,27)/t20-/m1/s1. The van der Waals surface area contributed by atoms with Crippen molar-refractivity contribution >= 4 is 29.3 Å². The highest BCUT2D eigenvalue weighted by molar-refractivity contribution is 6.04. The molecule has 152 valence electrons. The number of nitrogens with one attached hydrogen (secondary N) is 2. The van der Waals surface area contributed by atoms with Gasteiger partial charge in [-0.1, -0.05) is 44.2 Å². The third kappa shape index (κ3) is 6.27. The van der Waals surface area contributed by atoms with E-state index < -0.39 is 30.4 Å². The van der Waals surface area contributed by atoms with Crippen LogP contribution < -0.4 is 10.6 Å². The molecule has 0 unspecified atom stereocenters. The zero-order valence-corrected chi connectivity index (χ0v) is 16.6. The van der Waals surface area contributed by atoms with Gasteiger partial charge in [0.05, 0.1) is 5.69 Å². The number of ether oxygens (including phenoxy) is 1. The zero-order valence-electron chi connectivity index (χ0n) is 16.6. The number of carbonyl (C=O) groups excluding carboxylic acids is 4. The molecule has 0 aromatic heterocycles. The van der Waals surface area contributed by atoms with Gasteiger partial charge in [-0.2, -0.15) is 0 Å². The molecule has 29 heavy (non-hydrogen) atoms. The van der Waals surface area contributed by atoms with Crippen molar-refractivity contribution in [1.82, 2.24) is 5.32 Å². The van der Waals surface area contributed by atoms with Crippen LogP contribution in [-0.4, -0.2) is 36.2 Å². The first-order chi connectivity index (χ1) is 13.8. The highest BCUT2D eigenvalue weighted by Gasteiger charge is 2.26. The van der Waals surface area contributed by atoms with Crippen LogP contribution in [0.2, 0.25) is 0 Å². The molecule has 2 rings (SSSR count). The maximum Gasteiger partial charge on any atom is 0.329 e. The van der Waals surface area contributed by atoms with Crippen molar-refractivity contribution in [3.05, 3.63) is 65.7 Å². The lowest BCUT2D eigenvalue weighted by Crippen LogP contribution is -2.45. The summed E-state index contributed by atoms with van der Waals surface area (Å²) in [6, 6.07) is 14.2. The maximum absolute atomic E-state index is 12.4. The summed E-state index contributed by atoms with van der Waals surface area (Å²) in [6.45, 7) is 4.39. The van der Waals surface area contributed by atoms with Gasteiger partial charge in [0.25, 0.3) is 11.8 Å². The molecule has 0 heterocycles. The number of hydrogen-bond donors (Lipinski definition) is 2. The van der Waals surface area contributed by atoms with Crippen LogP contribution in [0.15, 0.2) is 54.6 Å². The predicted molar refractivity (Wildman–Crippen MR) is 109 cm³/mol. The van der Waals surface area contributed by atoms with Gasteiger partial charge in [0.2, 0.25) is 0 Å². The molecule has 0 aliphatic rings. The van der Waals surface area contributed by atoms with E-state index in [0.29, 0.717) is 16.8 Å². The number of ketones is 1. The summed E-state index contributed by atoms with van der Waals surface area (Å²) in [5, 5.41) is 5.20. The second-order valence-electron chi connectivity index (χ2n) is 6.82. The third-order valence-corrected chi connectivity index (χ3v) is 4.17. The Morgan fingerprint density at radius 3 is 2.17 bits per heavy atom. The fraction of sp³-hybridized carbons (Fsp3) is 0.273. The summed E-state index contributed by atoms with van der Waals surface area (Å²) >= 11 is 0. The molecule has 1 atom stereocenters. The van der Waals surface area contributed by atoms with E-state index in [1.807, 2.05) is 0 Å². The topological polar surface area (TPSA) is 102 Å². The lowest BCUT2D eigenvalue weighted by molar-refractivity contribution is -0.150. The Kier molecular flexibility index (Phi) is 7.65. The first-order valence-corrected chi connectivity index (χ1v) is 9.22. The van der Waals surface area contributed by atoms with E-state index in [1.54, 1.807) is 68.4 Å². The Morgan fingerprint density at radius 2 is 1.55 bits per heavy atom. The van der Waals surface area contributed by atoms with Crippen LogP contribution in [0.3, 0.4) is 0 Å². The van der Waals surface area contributed by atoms with E-state index in [-0.39, 0.29) is 11.7 Å². The van der Waals surface area contributed by atoms with Crippen LogP contribution in [-0.2, 0) is 14.3 Å². The molecule has 2 aromatic carbocycles. The molecule has 7 heteroatoms. The highest BCUT2D eigenvalue weighted by Crippen LogP contribution is 2.15. The van der Waals surface area contributed by atoms with Crippen LogP contribution in [0.4, 0.5) is 5.69 Å². The van der Waals surface area contributed by atoms with Gasteiger partial charge in [0, 0.05) is 11.1 Å². The van der Waals surface area contributed by atoms with E-state index in [1.165, 1.54) is 6.92 Å². The molecule has 2 amide bonds. The van der Waals surface area contributed by atoms with Gasteiger partial charge in [-0.05, 0) is 37.1 Å². The summed E-state index contributed by atoms with van der Waals surface area (Å²) in [5.74, 6) is -2.12. The average Bonchev–Trinajstić information content (AvgIpc) is 2.70. The van der Waals surface area contributed by atoms with Crippen LogP contribution in [0, 0.1) is 5.92 Å². The summed E-state index contributed by atoms with van der Waals surface area (Å²) in [4.78, 5) is 48.5. The molecule has 0 radical (unpaired) electrons. The largest absolute Gasteiger partial charge is 0.454 e. The Morgan fingerprint density at radius 1 is 0.931 bits per heavy atom. The van der Waals surface area contributed by atoms with Crippen molar-refractivity contribution < 1.29 is 23.9 Å². The summed E-state index contributed by atoms with van der Waals surface area (Å²) in [5.41, 5.74) is 1.13. The molecular weight excluding hydrogens is 372 g/mol. The van der Waals surface area contributed by atoms with Crippen LogP contribution in [0.5, 0.6) is 0 Å². The molecule has 0 fully saturated rings. The minimum absolute atomic E-state index is 0.193. The Balaban J connectivity index is 1.96. The zero-order chi connectivity index (χ0) is 21.4. The van der Waals surface area contributed by atoms with E-state index in [9.17, 15) is 19.2 Å². The highest BCUT2D eigenvalue weighted by atomic mass is 16.5. The second-order valence-corrected chi connectivity index (χ2v) is 6.82. The fourth-order valence-electron chi connectivity index (χ4n) is 2.62. The van der Waals surface area contributed by atoms with Gasteiger partial charge in [-0.15, -0.1) is 0 Å². The van der Waals surface area contributed by atoms with Gasteiger partial charge in [-0.3, -0.25) is 14.4 Å². The number of esters is 1. The average molecular weight is 396 g/mol. The van der Waals surface area contributed by atoms with Crippen molar-refractivity contribution in [2.45, 2.75) is 26.8 Å². The smallest absolute Gasteiger partial charge is 0.329 e. The van der Waals surface area contributed by atoms with Crippen LogP contribution in [0.1, 0.15) is 41.5 Å². The number of amides is 2. The summed E-state index contributed by atoms with van der Waals surface area (Å²) < 4.78 is 5.09. The van der Waals surface area contributed by atoms with Crippen LogP contribution >= 0.6 is 0 Å². The number of benzene rings is 2. The molecule has 0 aliphatic carbocycles. The van der Waals surface area contributed by atoms with Crippen molar-refractivity contribution in [3.63, 3.8) is 0 Å². The third-order valence-electron chi connectivity index (χ3n) is 4.17. The first-order valence-electron chi connectivity index (χ1n) is 9.22. The van der Waals surface area contributed by atoms with Gasteiger partial charge in [0.15, 0.2) is 12.4 Å². The number of rotatable bonds is 8. The van der Waals surface area contributed by atoms with Crippen molar-refractivity contribution in [3.8, 4) is 0 Å². The molecule has 7 nitrogen and oxygen atoms in total. The SMILES string of the molecule is CC(=O)c1ccccc1NC(=O)COC(=O)[C@H](NC(=O)c1ccccc1)C(C)C. The van der Waals surface area contributed by atoms with E-state index >= 15 is 0 Å². The van der Waals surface area contributed by atoms with Crippen molar-refractivity contribution in [2.24, 2.45) is 5.92 Å². The van der Waals surface area contributed by atoms with E-state index in [0.717, 1.165) is 0 Å². The second kappa shape index (κ2) is 10.2. The molecular formula is C22H24N2O5. The molecule has 0 aliphatic heterocycles. The van der Waals surface area contributed by atoms with Gasteiger partial charge >= 0.3 is 5.97 Å². The number of Topliss-reactive ketones (excluding diaryl/α,β-unsaturated/α-hetero) is 1. The van der Waals surface area contributed by atoms with Gasteiger partial charge in [-0.25, -0.2) is 4.79 Å². The lowest BCUT2D eigenvalue weighted by Gasteiger charge is -2.21. The van der Waals surface area contributed by atoms with Crippen LogP contribution in [0.25, 0.3) is 0 Å². The molecule has 0 saturated heterocycles. The number of para-hydroxylation sites is 1. The Bertz CT molecular complexity index is 893. The first kappa shape index (κ1) is 21.8. The van der Waals surface area contributed by atoms with E-state index in [4.69, 9.17) is 4.74 Å². The normalized spacial score (nSPS) is 11.4. The van der Waals surface area contributed by atoms with E-state index in [2.05, 4.69) is 10.6 Å². The molecule has 0 saturated carbocycles. The molecule has 2 aromatic rings. The molecule has 0 bridgehead atoms. The van der Waals surface area contributed by atoms with Crippen molar-refractivity contribution in [2.75, 3.05) is 11.9 Å². The monoisotopic (exact) mass is 396 g/mol. The molecule has 0 spiro atoms. The van der Waals surface area contributed by atoms with Gasteiger partial charge < -0.3 is 15.4 Å². The predicted octanol–water partition coefficient (Wildman–Crippen LogP) is 2.83. The quantitative estimate of drug-likeness (QED) is 0.528.